The van der Waals surface area contributed by atoms with E-state index < -0.39 is 23.4 Å². The Morgan fingerprint density at radius 3 is 2.21 bits per heavy atom. The molecule has 0 bridgehead atoms. The molecule has 0 N–H and O–H groups in total. The van der Waals surface area contributed by atoms with Gasteiger partial charge in [0.15, 0.2) is 0 Å². The van der Waals surface area contributed by atoms with E-state index in [1.807, 2.05) is 24.0 Å². The van der Waals surface area contributed by atoms with Crippen molar-refractivity contribution >= 4 is 23.1 Å². The maximum absolute atomic E-state index is 14.4. The number of imide groups is 1. The summed E-state index contributed by atoms with van der Waals surface area (Å²) in [6.07, 6.45) is 1.83. The number of likely N-dealkylation sites (tertiary alicyclic amines) is 1. The van der Waals surface area contributed by atoms with Crippen molar-refractivity contribution in [1.82, 2.24) is 4.90 Å². The molecule has 4 nitrogen and oxygen atoms in total. The van der Waals surface area contributed by atoms with E-state index in [0.717, 1.165) is 35.4 Å². The fourth-order valence-corrected chi connectivity index (χ4v) is 3.91. The normalized spacial score (nSPS) is 18.2. The first-order valence-corrected chi connectivity index (χ1v) is 9.77. The first-order valence-electron chi connectivity index (χ1n) is 9.77. The molecule has 2 aliphatic rings. The highest BCUT2D eigenvalue weighted by Gasteiger charge is 2.43. The molecule has 150 valence electrons. The van der Waals surface area contributed by atoms with Gasteiger partial charge in [-0.25, -0.2) is 13.7 Å². The van der Waals surface area contributed by atoms with E-state index >= 15 is 0 Å². The van der Waals surface area contributed by atoms with E-state index in [1.54, 1.807) is 12.1 Å². The van der Waals surface area contributed by atoms with E-state index in [0.29, 0.717) is 36.3 Å². The lowest BCUT2D eigenvalue weighted by atomic mass is 9.97. The van der Waals surface area contributed by atoms with Gasteiger partial charge in [-0.3, -0.25) is 9.59 Å². The number of nitrogens with zero attached hydrogens (tertiary/aromatic N) is 2. The van der Waals surface area contributed by atoms with Crippen molar-refractivity contribution in [2.45, 2.75) is 26.7 Å². The molecule has 0 radical (unpaired) electrons. The zero-order chi connectivity index (χ0) is 20.7. The number of carbonyl (C=O) groups excluding carboxylic acids is 2. The summed E-state index contributed by atoms with van der Waals surface area (Å²) in [7, 11) is 0. The third-order valence-electron chi connectivity index (χ3n) is 5.65. The maximum atomic E-state index is 14.4. The van der Waals surface area contributed by atoms with Crippen LogP contribution in [0.3, 0.4) is 0 Å². The van der Waals surface area contributed by atoms with Crippen molar-refractivity contribution in [1.29, 1.82) is 0 Å². The molecular weight excluding hydrogens is 374 g/mol. The van der Waals surface area contributed by atoms with Crippen LogP contribution in [-0.4, -0.2) is 29.8 Å². The molecule has 0 aromatic heterocycles. The van der Waals surface area contributed by atoms with Gasteiger partial charge in [-0.15, -0.1) is 0 Å². The minimum atomic E-state index is -0.941. The second-order valence-corrected chi connectivity index (χ2v) is 7.80. The van der Waals surface area contributed by atoms with Crippen molar-refractivity contribution in [2.24, 2.45) is 5.92 Å². The summed E-state index contributed by atoms with van der Waals surface area (Å²) in [6, 6.07) is 10.2. The molecule has 6 heteroatoms. The topological polar surface area (TPSA) is 40.6 Å². The lowest BCUT2D eigenvalue weighted by molar-refractivity contribution is -0.120. The number of carbonyl (C=O) groups is 2. The monoisotopic (exact) mass is 396 g/mol. The summed E-state index contributed by atoms with van der Waals surface area (Å²) >= 11 is 0. The highest BCUT2D eigenvalue weighted by molar-refractivity contribution is 6.45. The van der Waals surface area contributed by atoms with Crippen LogP contribution in [0.25, 0.3) is 5.57 Å². The molecule has 4 rings (SSSR count). The van der Waals surface area contributed by atoms with Crippen LogP contribution >= 0.6 is 0 Å². The van der Waals surface area contributed by atoms with Gasteiger partial charge >= 0.3 is 0 Å². The molecular formula is C23H22F2N2O2. The molecule has 2 aromatic rings. The average molecular weight is 396 g/mol. The van der Waals surface area contributed by atoms with Crippen LogP contribution in [0.2, 0.25) is 0 Å². The zero-order valence-corrected chi connectivity index (χ0v) is 16.4. The standard InChI is InChI=1S/C23H22F2N2O2/c1-14-3-5-16(6-4-14)20-21(26-11-9-15(2)10-12-26)23(29)27(22(20)28)19-8-7-17(24)13-18(19)25/h3-8,13,15H,9-12H2,1-2H3. The van der Waals surface area contributed by atoms with Gasteiger partial charge in [0.2, 0.25) is 0 Å². The Morgan fingerprint density at radius 1 is 0.931 bits per heavy atom. The van der Waals surface area contributed by atoms with Crippen LogP contribution in [-0.2, 0) is 9.59 Å². The van der Waals surface area contributed by atoms with Crippen molar-refractivity contribution in [2.75, 3.05) is 18.0 Å². The molecule has 1 saturated heterocycles. The van der Waals surface area contributed by atoms with Crippen molar-refractivity contribution in [3.63, 3.8) is 0 Å². The Morgan fingerprint density at radius 2 is 1.59 bits per heavy atom. The third-order valence-corrected chi connectivity index (χ3v) is 5.65. The van der Waals surface area contributed by atoms with Gasteiger partial charge in [0.1, 0.15) is 17.3 Å². The number of rotatable bonds is 3. The largest absolute Gasteiger partial charge is 0.366 e. The fourth-order valence-electron chi connectivity index (χ4n) is 3.91. The molecule has 0 aliphatic carbocycles. The second-order valence-electron chi connectivity index (χ2n) is 7.80. The Hall–Kier alpha value is -3.02. The fraction of sp³-hybridized carbons (Fsp3) is 0.304. The molecule has 1 fully saturated rings. The van der Waals surface area contributed by atoms with Gasteiger partial charge in [-0.05, 0) is 43.4 Å². The molecule has 0 saturated carbocycles. The maximum Gasteiger partial charge on any atom is 0.282 e. The molecule has 29 heavy (non-hydrogen) atoms. The van der Waals surface area contributed by atoms with E-state index in [4.69, 9.17) is 0 Å². The Bertz CT molecular complexity index is 1010. The van der Waals surface area contributed by atoms with E-state index in [1.165, 1.54) is 0 Å². The first-order chi connectivity index (χ1) is 13.9. The molecule has 0 atom stereocenters. The Balaban J connectivity index is 1.82. The van der Waals surface area contributed by atoms with Crippen molar-refractivity contribution < 1.29 is 18.4 Å². The highest BCUT2D eigenvalue weighted by Crippen LogP contribution is 2.37. The van der Waals surface area contributed by atoms with E-state index in [9.17, 15) is 18.4 Å². The smallest absolute Gasteiger partial charge is 0.282 e. The summed E-state index contributed by atoms with van der Waals surface area (Å²) in [5, 5.41) is 0. The van der Waals surface area contributed by atoms with E-state index in [-0.39, 0.29) is 11.3 Å². The predicted octanol–water partition coefficient (Wildman–Crippen LogP) is 4.29. The third kappa shape index (κ3) is 3.43. The quantitative estimate of drug-likeness (QED) is 0.727. The molecule has 2 aliphatic heterocycles. The Kier molecular flexibility index (Phi) is 4.94. The van der Waals surface area contributed by atoms with Crippen LogP contribution in [0.4, 0.5) is 14.5 Å². The number of halogens is 2. The number of amides is 2. The predicted molar refractivity (Wildman–Crippen MR) is 107 cm³/mol. The molecule has 2 amide bonds. The lowest BCUT2D eigenvalue weighted by Crippen LogP contribution is -2.38. The minimum Gasteiger partial charge on any atom is -0.366 e. The summed E-state index contributed by atoms with van der Waals surface area (Å²) in [6.45, 7) is 5.41. The van der Waals surface area contributed by atoms with E-state index in [2.05, 4.69) is 6.92 Å². The average Bonchev–Trinajstić information content (AvgIpc) is 2.94. The summed E-state index contributed by atoms with van der Waals surface area (Å²) in [4.78, 5) is 29.4. The van der Waals surface area contributed by atoms with Gasteiger partial charge < -0.3 is 4.90 Å². The van der Waals surface area contributed by atoms with Gasteiger partial charge in [0, 0.05) is 19.2 Å². The molecule has 0 unspecified atom stereocenters. The number of hydrogen-bond acceptors (Lipinski definition) is 3. The van der Waals surface area contributed by atoms with Crippen LogP contribution in [0.15, 0.2) is 48.2 Å². The van der Waals surface area contributed by atoms with Crippen molar-refractivity contribution in [3.8, 4) is 0 Å². The molecule has 2 aromatic carbocycles. The van der Waals surface area contributed by atoms with Crippen LogP contribution in [0.1, 0.15) is 30.9 Å². The first kappa shape index (κ1) is 19.3. The van der Waals surface area contributed by atoms with Crippen LogP contribution in [0, 0.1) is 24.5 Å². The summed E-state index contributed by atoms with van der Waals surface area (Å²) < 4.78 is 27.8. The molecule has 2 heterocycles. The van der Waals surface area contributed by atoms with Crippen LogP contribution < -0.4 is 4.90 Å². The van der Waals surface area contributed by atoms with Gasteiger partial charge in [-0.1, -0.05) is 36.8 Å². The molecule has 0 spiro atoms. The lowest BCUT2D eigenvalue weighted by Gasteiger charge is -2.32. The Labute approximate surface area is 168 Å². The highest BCUT2D eigenvalue weighted by atomic mass is 19.1. The van der Waals surface area contributed by atoms with Gasteiger partial charge in [0.05, 0.1) is 11.3 Å². The summed E-state index contributed by atoms with van der Waals surface area (Å²) in [5.41, 5.74) is 1.99. The number of benzene rings is 2. The zero-order valence-electron chi connectivity index (χ0n) is 16.4. The number of anilines is 1. The minimum absolute atomic E-state index is 0.230. The SMILES string of the molecule is Cc1ccc(C2=C(N3CCC(C)CC3)C(=O)N(c3ccc(F)cc3F)C2=O)cc1. The van der Waals surface area contributed by atoms with Gasteiger partial charge in [-0.2, -0.15) is 0 Å². The number of piperidine rings is 1. The van der Waals surface area contributed by atoms with Crippen LogP contribution in [0.5, 0.6) is 0 Å². The second kappa shape index (κ2) is 7.43. The summed E-state index contributed by atoms with van der Waals surface area (Å²) in [5.74, 6) is -2.30. The number of aryl methyl sites for hydroxylation is 1. The number of hydrogen-bond donors (Lipinski definition) is 0. The van der Waals surface area contributed by atoms with Crippen molar-refractivity contribution in [3.05, 3.63) is 70.9 Å². The van der Waals surface area contributed by atoms with Gasteiger partial charge in [0.25, 0.3) is 11.8 Å².